The molecule has 9 rings (SSSR count). The molecule has 2 aromatic carbocycles. The topological polar surface area (TPSA) is 240 Å². The Morgan fingerprint density at radius 2 is 1.23 bits per heavy atom. The lowest BCUT2D eigenvalue weighted by molar-refractivity contribution is 0.0698. The minimum absolute atomic E-state index is 0. The first kappa shape index (κ1) is 45.5. The molecule has 7 heterocycles. The number of hydrogen-bond donors (Lipinski definition) is 3. The molecule has 0 radical (unpaired) electrons. The van der Waals surface area contributed by atoms with E-state index in [2.05, 4.69) is 46.3 Å². The Morgan fingerprint density at radius 3 is 1.72 bits per heavy atom. The molecule has 0 atom stereocenters. The molecule has 1 amide bonds. The number of carboxylic acids is 1. The molecule has 0 saturated heterocycles. The fraction of sp³-hybridized carbons (Fsp3) is 0.152. The number of amides is 1. The van der Waals surface area contributed by atoms with Crippen molar-refractivity contribution >= 4 is 84.8 Å². The number of benzene rings is 2. The summed E-state index contributed by atoms with van der Waals surface area (Å²) in [6.07, 6.45) is 8.96. The van der Waals surface area contributed by atoms with Crippen molar-refractivity contribution in [3.8, 4) is 12.1 Å². The number of carbonyl (C=O) groups excluding carboxylic acids is 1. The van der Waals surface area contributed by atoms with Crippen LogP contribution in [0.2, 0.25) is 10.0 Å². The predicted molar refractivity (Wildman–Crippen MR) is 246 cm³/mol. The number of aromatic carboxylic acids is 1. The van der Waals surface area contributed by atoms with Gasteiger partial charge in [-0.3, -0.25) is 14.8 Å². The molecule has 18 heteroatoms. The number of nitrogens with one attached hydrogen (secondary N) is 1. The zero-order valence-electron chi connectivity index (χ0n) is 32.8. The van der Waals surface area contributed by atoms with E-state index in [1.807, 2.05) is 73.0 Å². The summed E-state index contributed by atoms with van der Waals surface area (Å²) in [5.74, 6) is -1.03. The van der Waals surface area contributed by atoms with Crippen LogP contribution in [0.3, 0.4) is 0 Å². The van der Waals surface area contributed by atoms with Gasteiger partial charge in [-0.05, 0) is 78.6 Å². The third-order valence-corrected chi connectivity index (χ3v) is 10.5. The molecular formula is C46H39Cl2N13O3. The molecule has 0 fully saturated rings. The number of halogens is 2. The molecule has 7 aromatic heterocycles. The van der Waals surface area contributed by atoms with Gasteiger partial charge in [-0.1, -0.05) is 50.2 Å². The number of rotatable bonds is 8. The van der Waals surface area contributed by atoms with E-state index in [0.29, 0.717) is 51.2 Å². The summed E-state index contributed by atoms with van der Waals surface area (Å²) in [7, 11) is 0. The van der Waals surface area contributed by atoms with Gasteiger partial charge >= 0.3 is 5.97 Å². The lowest BCUT2D eigenvalue weighted by Crippen LogP contribution is -2.24. The average molecular weight is 893 g/mol. The van der Waals surface area contributed by atoms with E-state index in [1.165, 1.54) is 18.9 Å². The van der Waals surface area contributed by atoms with Crippen LogP contribution >= 0.6 is 23.2 Å². The van der Waals surface area contributed by atoms with Crippen LogP contribution in [0, 0.1) is 36.5 Å². The summed E-state index contributed by atoms with van der Waals surface area (Å²) in [4.78, 5) is 54.2. The normalized spacial score (nSPS) is 10.7. The summed E-state index contributed by atoms with van der Waals surface area (Å²) in [6, 6.07) is 21.0. The monoisotopic (exact) mass is 891 g/mol. The van der Waals surface area contributed by atoms with Crippen molar-refractivity contribution in [3.05, 3.63) is 153 Å². The van der Waals surface area contributed by atoms with E-state index in [4.69, 9.17) is 28.9 Å². The van der Waals surface area contributed by atoms with Crippen molar-refractivity contribution in [2.24, 2.45) is 0 Å². The van der Waals surface area contributed by atoms with Crippen molar-refractivity contribution in [3.63, 3.8) is 0 Å². The van der Waals surface area contributed by atoms with Crippen LogP contribution < -0.4 is 11.1 Å². The minimum atomic E-state index is -1.13. The Balaban J connectivity index is 0.000000216. The highest BCUT2D eigenvalue weighted by Gasteiger charge is 2.22. The second-order valence-electron chi connectivity index (χ2n) is 14.2. The molecule has 320 valence electrons. The lowest BCUT2D eigenvalue weighted by Gasteiger charge is -2.11. The Hall–Kier alpha value is -8.05. The second-order valence-corrected chi connectivity index (χ2v) is 15.1. The molecule has 0 aliphatic rings. The number of nitrogens with two attached hydrogens (primary N) is 1. The minimum Gasteiger partial charge on any atom is -0.478 e. The Morgan fingerprint density at radius 1 is 0.734 bits per heavy atom. The van der Waals surface area contributed by atoms with Crippen LogP contribution in [0.5, 0.6) is 0 Å². The van der Waals surface area contributed by atoms with Crippen LogP contribution in [0.15, 0.2) is 92.0 Å². The number of carboxylic acid groups (broad SMARTS) is 1. The van der Waals surface area contributed by atoms with Crippen LogP contribution in [0.4, 0.5) is 5.82 Å². The van der Waals surface area contributed by atoms with E-state index in [0.717, 1.165) is 49.8 Å². The highest BCUT2D eigenvalue weighted by Crippen LogP contribution is 2.27. The van der Waals surface area contributed by atoms with Gasteiger partial charge in [-0.2, -0.15) is 10.5 Å². The van der Waals surface area contributed by atoms with Gasteiger partial charge < -0.3 is 25.3 Å². The molecule has 0 unspecified atom stereocenters. The number of pyridine rings is 3. The molecule has 0 saturated carbocycles. The maximum Gasteiger partial charge on any atom is 0.338 e. The van der Waals surface area contributed by atoms with Gasteiger partial charge in [0, 0.05) is 60.9 Å². The smallest absolute Gasteiger partial charge is 0.338 e. The van der Waals surface area contributed by atoms with E-state index in [-0.39, 0.29) is 49.6 Å². The fourth-order valence-electron chi connectivity index (χ4n) is 7.31. The van der Waals surface area contributed by atoms with E-state index in [9.17, 15) is 25.2 Å². The van der Waals surface area contributed by atoms with Gasteiger partial charge in [0.25, 0.3) is 5.91 Å². The molecule has 9 aromatic rings. The summed E-state index contributed by atoms with van der Waals surface area (Å²) in [6.45, 7) is 4.85. The average Bonchev–Trinajstić information content (AvgIpc) is 3.82. The van der Waals surface area contributed by atoms with Crippen molar-refractivity contribution in [1.29, 1.82) is 10.5 Å². The van der Waals surface area contributed by atoms with Gasteiger partial charge in [-0.25, -0.2) is 29.7 Å². The number of aromatic nitrogens is 9. The predicted octanol–water partition coefficient (Wildman–Crippen LogP) is 8.60. The number of hydrogen-bond acceptors (Lipinski definition) is 12. The maximum absolute atomic E-state index is 13.3. The SMILES string of the molecule is C.C.Cc1cc(N)nc(C)c1CNC(=O)c1cn(Cc2ccc3ncc(Cl)cc3c2)c2ncnc(C#N)c12.N#Cc1ncnc2c1c(C(=O)O)cn2Cc1ccc2ncc(Cl)cc2c1. The first-order chi connectivity index (χ1) is 29.9. The van der Waals surface area contributed by atoms with Gasteiger partial charge in [0.2, 0.25) is 0 Å². The van der Waals surface area contributed by atoms with Crippen LogP contribution in [-0.4, -0.2) is 61.0 Å². The van der Waals surface area contributed by atoms with Crippen LogP contribution in [0.25, 0.3) is 43.9 Å². The number of nitriles is 2. The van der Waals surface area contributed by atoms with Gasteiger partial charge in [-0.15, -0.1) is 0 Å². The molecule has 0 bridgehead atoms. The quantitative estimate of drug-likeness (QED) is 0.130. The Labute approximate surface area is 376 Å². The number of anilines is 1. The molecule has 64 heavy (non-hydrogen) atoms. The van der Waals surface area contributed by atoms with E-state index < -0.39 is 5.97 Å². The number of nitrogens with zero attached hydrogens (tertiary/aromatic N) is 11. The molecule has 4 N–H and O–H groups in total. The molecular weight excluding hydrogens is 853 g/mol. The highest BCUT2D eigenvalue weighted by atomic mass is 35.5. The van der Waals surface area contributed by atoms with Gasteiger partial charge in [0.15, 0.2) is 11.4 Å². The van der Waals surface area contributed by atoms with Crippen molar-refractivity contribution in [2.75, 3.05) is 5.73 Å². The summed E-state index contributed by atoms with van der Waals surface area (Å²) in [5.41, 5.74) is 13.3. The molecule has 0 aliphatic carbocycles. The first-order valence-corrected chi connectivity index (χ1v) is 19.5. The van der Waals surface area contributed by atoms with Gasteiger partial charge in [0.05, 0.1) is 43.0 Å². The van der Waals surface area contributed by atoms with E-state index >= 15 is 0 Å². The van der Waals surface area contributed by atoms with E-state index in [1.54, 1.807) is 29.2 Å². The second kappa shape index (κ2) is 18.9. The molecule has 0 aliphatic heterocycles. The third kappa shape index (κ3) is 9.10. The van der Waals surface area contributed by atoms with Crippen molar-refractivity contribution < 1.29 is 14.7 Å². The van der Waals surface area contributed by atoms with Crippen molar-refractivity contribution in [2.45, 2.75) is 48.3 Å². The van der Waals surface area contributed by atoms with Crippen LogP contribution in [-0.2, 0) is 19.6 Å². The Bertz CT molecular complexity index is 3350. The summed E-state index contributed by atoms with van der Waals surface area (Å²) >= 11 is 12.1. The number of carbonyl (C=O) groups is 2. The first-order valence-electron chi connectivity index (χ1n) is 18.7. The van der Waals surface area contributed by atoms with Crippen molar-refractivity contribution in [1.82, 2.24) is 49.3 Å². The fourth-order valence-corrected chi connectivity index (χ4v) is 7.64. The largest absolute Gasteiger partial charge is 0.478 e. The standard InChI is InChI=1S/C26H21ClN8O.C18H10ClN5O2.2CH4/c1-14-5-23(29)34-15(2)19(14)10-31-26(36)20-12-35(25-24(20)22(8-28)32-13-33-25)11-16-3-4-21-17(6-16)7-18(27)9-30-21;19-12-4-11-3-10(1-2-14(11)21-6-12)7-24-8-13(18(25)26)16-15(5-20)22-9-23-17(16)24;;/h3-7,9,12-13H,10-11H2,1-2H3,(H2,29,34)(H,31,36);1-4,6,8-9H,7H2,(H,25,26);2*1H4. The molecule has 0 spiro atoms. The molecule has 16 nitrogen and oxygen atoms in total. The summed E-state index contributed by atoms with van der Waals surface area (Å²) in [5, 5.41) is 34.8. The third-order valence-electron chi connectivity index (χ3n) is 10.1. The highest BCUT2D eigenvalue weighted by molar-refractivity contribution is 6.31. The maximum atomic E-state index is 13.3. The zero-order valence-corrected chi connectivity index (χ0v) is 34.3. The lowest BCUT2D eigenvalue weighted by atomic mass is 10.1. The Kier molecular flexibility index (Phi) is 13.4. The van der Waals surface area contributed by atoms with Crippen LogP contribution in [0.1, 0.15) is 74.9 Å². The number of aryl methyl sites for hydroxylation is 2. The summed E-state index contributed by atoms with van der Waals surface area (Å²) < 4.78 is 3.54. The number of fused-ring (bicyclic) bond motifs is 4. The van der Waals surface area contributed by atoms with Gasteiger partial charge in [0.1, 0.15) is 41.9 Å². The number of nitrogen functional groups attached to an aromatic ring is 1. The zero-order chi connectivity index (χ0) is 43.7.